The average molecular weight is 454 g/mol. The first-order valence-corrected chi connectivity index (χ1v) is 11.4. The van der Waals surface area contributed by atoms with Gasteiger partial charge < -0.3 is 14.2 Å². The molecule has 3 aromatic heterocycles. The minimum atomic E-state index is -0.447. The van der Waals surface area contributed by atoms with Crippen molar-refractivity contribution in [1.82, 2.24) is 14.5 Å². The van der Waals surface area contributed by atoms with Crippen molar-refractivity contribution in [3.63, 3.8) is 0 Å². The average Bonchev–Trinajstić information content (AvgIpc) is 3.39. The van der Waals surface area contributed by atoms with Crippen molar-refractivity contribution in [2.75, 3.05) is 13.2 Å². The van der Waals surface area contributed by atoms with Gasteiger partial charge in [-0.25, -0.2) is 4.79 Å². The third kappa shape index (κ3) is 4.80. The molecule has 0 saturated carbocycles. The second-order valence-corrected chi connectivity index (χ2v) is 8.26. The summed E-state index contributed by atoms with van der Waals surface area (Å²) in [5.74, 6) is -0.866. The van der Waals surface area contributed by atoms with E-state index >= 15 is 0 Å². The van der Waals surface area contributed by atoms with Gasteiger partial charge in [0, 0.05) is 36.7 Å². The van der Waals surface area contributed by atoms with E-state index in [9.17, 15) is 14.4 Å². The van der Waals surface area contributed by atoms with Gasteiger partial charge >= 0.3 is 5.97 Å². The van der Waals surface area contributed by atoms with E-state index in [1.165, 1.54) is 16.2 Å². The summed E-state index contributed by atoms with van der Waals surface area (Å²) in [7, 11) is 0. The maximum atomic E-state index is 13.5. The molecule has 0 aliphatic rings. The number of amides is 1. The first-order chi connectivity index (χ1) is 15.4. The molecule has 7 nitrogen and oxygen atoms in total. The largest absolute Gasteiger partial charge is 0.461 e. The first kappa shape index (κ1) is 23.4. The SMILES string of the molecule is CCOC(=O)c1c(C)c(C(=O)CN(Cc2ccncc2)C(=O)c2cccs2)c(C)n1CC. The molecule has 0 saturated heterocycles. The van der Waals surface area contributed by atoms with Gasteiger partial charge in [0.1, 0.15) is 5.69 Å². The number of thiophene rings is 1. The van der Waals surface area contributed by atoms with Crippen molar-refractivity contribution in [3.8, 4) is 0 Å². The van der Waals surface area contributed by atoms with Crippen LogP contribution in [-0.4, -0.2) is 45.3 Å². The van der Waals surface area contributed by atoms with Crippen LogP contribution in [-0.2, 0) is 17.8 Å². The van der Waals surface area contributed by atoms with Gasteiger partial charge in [-0.15, -0.1) is 11.3 Å². The molecule has 0 bridgehead atoms. The third-order valence-electron chi connectivity index (χ3n) is 5.31. The molecule has 0 spiro atoms. The number of carbonyl (C=O) groups excluding carboxylic acids is 3. The van der Waals surface area contributed by atoms with E-state index in [-0.39, 0.29) is 31.4 Å². The van der Waals surface area contributed by atoms with Gasteiger partial charge in [0.05, 0.1) is 18.0 Å². The predicted octanol–water partition coefficient (Wildman–Crippen LogP) is 4.28. The van der Waals surface area contributed by atoms with E-state index in [0.29, 0.717) is 33.9 Å². The van der Waals surface area contributed by atoms with Crippen LogP contribution >= 0.6 is 11.3 Å². The van der Waals surface area contributed by atoms with Gasteiger partial charge in [-0.05, 0) is 62.4 Å². The number of pyridine rings is 1. The Balaban J connectivity index is 1.95. The topological polar surface area (TPSA) is 81.5 Å². The zero-order chi connectivity index (χ0) is 23.3. The van der Waals surface area contributed by atoms with Crippen molar-refractivity contribution in [2.24, 2.45) is 0 Å². The molecular formula is C24H27N3O4S. The fraction of sp³-hybridized carbons (Fsp3) is 0.333. The molecule has 32 heavy (non-hydrogen) atoms. The van der Waals surface area contributed by atoms with E-state index in [0.717, 1.165) is 5.56 Å². The lowest BCUT2D eigenvalue weighted by molar-refractivity contribution is 0.0512. The third-order valence-corrected chi connectivity index (χ3v) is 6.16. The molecule has 168 valence electrons. The second kappa shape index (κ2) is 10.4. The number of nitrogens with zero attached hydrogens (tertiary/aromatic N) is 3. The Morgan fingerprint density at radius 1 is 1.12 bits per heavy atom. The van der Waals surface area contributed by atoms with E-state index in [1.54, 1.807) is 36.9 Å². The Hall–Kier alpha value is -3.26. The lowest BCUT2D eigenvalue weighted by Crippen LogP contribution is -2.35. The molecule has 0 aliphatic carbocycles. The predicted molar refractivity (Wildman–Crippen MR) is 123 cm³/mol. The number of hydrogen-bond acceptors (Lipinski definition) is 6. The molecule has 0 aliphatic heterocycles. The Morgan fingerprint density at radius 2 is 1.84 bits per heavy atom. The number of Topliss-reactive ketones (excluding diaryl/α,β-unsaturated/α-hetero) is 1. The zero-order valence-corrected chi connectivity index (χ0v) is 19.6. The van der Waals surface area contributed by atoms with Crippen molar-refractivity contribution in [3.05, 3.63) is 75.0 Å². The van der Waals surface area contributed by atoms with Gasteiger partial charge in [0.15, 0.2) is 5.78 Å². The highest BCUT2D eigenvalue weighted by molar-refractivity contribution is 7.12. The van der Waals surface area contributed by atoms with Gasteiger partial charge in [0.25, 0.3) is 5.91 Å². The Labute approximate surface area is 191 Å². The van der Waals surface area contributed by atoms with Crippen molar-refractivity contribution >= 4 is 29.0 Å². The summed E-state index contributed by atoms with van der Waals surface area (Å²) in [5.41, 5.74) is 3.02. The van der Waals surface area contributed by atoms with Crippen LogP contribution < -0.4 is 0 Å². The van der Waals surface area contributed by atoms with Gasteiger partial charge in [-0.1, -0.05) is 6.07 Å². The van der Waals surface area contributed by atoms with Gasteiger partial charge in [-0.3, -0.25) is 14.6 Å². The Morgan fingerprint density at radius 3 is 2.44 bits per heavy atom. The van der Waals surface area contributed by atoms with E-state index in [4.69, 9.17) is 4.74 Å². The highest BCUT2D eigenvalue weighted by Gasteiger charge is 2.29. The van der Waals surface area contributed by atoms with E-state index in [2.05, 4.69) is 4.98 Å². The summed E-state index contributed by atoms with van der Waals surface area (Å²) >= 11 is 1.34. The van der Waals surface area contributed by atoms with E-state index in [1.807, 2.05) is 37.4 Å². The molecule has 8 heteroatoms. The smallest absolute Gasteiger partial charge is 0.355 e. The summed E-state index contributed by atoms with van der Waals surface area (Å²) in [6.45, 7) is 8.21. The Kier molecular flexibility index (Phi) is 7.58. The number of esters is 1. The molecule has 3 rings (SSSR count). The fourth-order valence-corrected chi connectivity index (χ4v) is 4.57. The van der Waals surface area contributed by atoms with Crippen LogP contribution in [0.4, 0.5) is 0 Å². The second-order valence-electron chi connectivity index (χ2n) is 7.32. The van der Waals surface area contributed by atoms with Gasteiger partial charge in [0.2, 0.25) is 0 Å². The van der Waals surface area contributed by atoms with Crippen LogP contribution in [0.15, 0.2) is 42.0 Å². The van der Waals surface area contributed by atoms with Crippen LogP contribution in [0.2, 0.25) is 0 Å². The zero-order valence-electron chi connectivity index (χ0n) is 18.8. The normalized spacial score (nSPS) is 10.8. The number of rotatable bonds is 9. The van der Waals surface area contributed by atoms with Gasteiger partial charge in [-0.2, -0.15) is 0 Å². The summed E-state index contributed by atoms with van der Waals surface area (Å²) < 4.78 is 7.01. The number of aromatic nitrogens is 2. The molecule has 0 fully saturated rings. The maximum absolute atomic E-state index is 13.5. The lowest BCUT2D eigenvalue weighted by atomic mass is 10.0. The minimum absolute atomic E-state index is 0.100. The molecule has 1 amide bonds. The van der Waals surface area contributed by atoms with Crippen LogP contribution in [0.1, 0.15) is 61.2 Å². The van der Waals surface area contributed by atoms with E-state index < -0.39 is 5.97 Å². The molecule has 0 atom stereocenters. The number of ketones is 1. The number of ether oxygens (including phenoxy) is 1. The minimum Gasteiger partial charge on any atom is -0.461 e. The van der Waals surface area contributed by atoms with Crippen molar-refractivity contribution < 1.29 is 19.1 Å². The summed E-state index contributed by atoms with van der Waals surface area (Å²) in [4.78, 5) is 45.3. The number of carbonyl (C=O) groups is 3. The highest BCUT2D eigenvalue weighted by atomic mass is 32.1. The summed E-state index contributed by atoms with van der Waals surface area (Å²) in [6, 6.07) is 7.20. The quantitative estimate of drug-likeness (QED) is 0.357. The van der Waals surface area contributed by atoms with Crippen LogP contribution in [0.25, 0.3) is 0 Å². The van der Waals surface area contributed by atoms with Crippen molar-refractivity contribution in [2.45, 2.75) is 40.8 Å². The lowest BCUT2D eigenvalue weighted by Gasteiger charge is -2.22. The monoisotopic (exact) mass is 453 g/mol. The fourth-order valence-electron chi connectivity index (χ4n) is 3.88. The highest BCUT2D eigenvalue weighted by Crippen LogP contribution is 2.25. The summed E-state index contributed by atoms with van der Waals surface area (Å²) in [6.07, 6.45) is 3.32. The number of hydrogen-bond donors (Lipinski definition) is 0. The van der Waals surface area contributed by atoms with Crippen LogP contribution in [0.5, 0.6) is 0 Å². The van der Waals surface area contributed by atoms with Crippen LogP contribution in [0, 0.1) is 13.8 Å². The van der Waals surface area contributed by atoms with Crippen LogP contribution in [0.3, 0.4) is 0 Å². The Bertz CT molecular complexity index is 1100. The maximum Gasteiger partial charge on any atom is 0.355 e. The standard InChI is InChI=1S/C24H27N3O4S/c1-5-27-17(4)21(16(3)22(27)24(30)31-6-2)19(28)15-26(14-18-9-11-25-12-10-18)23(29)20-8-7-13-32-20/h7-13H,5-6,14-15H2,1-4H3. The molecule has 0 aromatic carbocycles. The van der Waals surface area contributed by atoms with Crippen molar-refractivity contribution in [1.29, 1.82) is 0 Å². The molecule has 0 radical (unpaired) electrons. The molecule has 3 heterocycles. The summed E-state index contributed by atoms with van der Waals surface area (Å²) in [5, 5.41) is 1.83. The first-order valence-electron chi connectivity index (χ1n) is 10.5. The molecule has 0 unspecified atom stereocenters. The molecule has 0 N–H and O–H groups in total. The molecule has 3 aromatic rings. The molecular weight excluding hydrogens is 426 g/mol.